The maximum atomic E-state index is 15.2. The van der Waals surface area contributed by atoms with Crippen LogP contribution in [0, 0.1) is 11.3 Å². The average Bonchev–Trinajstić information content (AvgIpc) is 3.19. The van der Waals surface area contributed by atoms with Gasteiger partial charge in [-0.2, -0.15) is 10.1 Å². The molecule has 1 saturated heterocycles. The van der Waals surface area contributed by atoms with E-state index in [1.165, 1.54) is 39.2 Å². The molecule has 3 aromatic rings. The third kappa shape index (κ3) is 5.17. The van der Waals surface area contributed by atoms with Gasteiger partial charge in [-0.15, -0.1) is 5.10 Å². The number of carbonyl (C=O) groups is 1. The third-order valence-electron chi connectivity index (χ3n) is 6.26. The van der Waals surface area contributed by atoms with Crippen LogP contribution in [-0.2, 0) is 4.79 Å². The Hall–Kier alpha value is -4.04. The minimum atomic E-state index is -3.27. The molecule has 15 heteroatoms. The predicted molar refractivity (Wildman–Crippen MR) is 128 cm³/mol. The van der Waals surface area contributed by atoms with Crippen LogP contribution in [0.4, 0.5) is 39.3 Å². The van der Waals surface area contributed by atoms with Gasteiger partial charge < -0.3 is 20.3 Å². The topological polar surface area (TPSA) is 120 Å². The van der Waals surface area contributed by atoms with Crippen LogP contribution in [-0.4, -0.2) is 70.0 Å². The Labute approximate surface area is 213 Å². The molecule has 0 spiro atoms. The second kappa shape index (κ2) is 10.4. The Kier molecular flexibility index (Phi) is 7.37. The first kappa shape index (κ1) is 27.0. The maximum Gasteiger partial charge on any atom is 0.285 e. The van der Waals surface area contributed by atoms with Crippen molar-refractivity contribution in [1.29, 1.82) is 5.53 Å². The van der Waals surface area contributed by atoms with Gasteiger partial charge in [-0.1, -0.05) is 6.07 Å². The number of carbonyl (C=O) groups excluding carboxylic acids is 1. The monoisotopic (exact) mass is 540 g/mol. The molecule has 1 fully saturated rings. The van der Waals surface area contributed by atoms with E-state index in [1.807, 2.05) is 0 Å². The number of hydrogen-bond donors (Lipinski definition) is 3. The predicted octanol–water partition coefficient (Wildman–Crippen LogP) is 4.94. The SMILES string of the molecule is COc1nc(N[C@@H]2CCN(C(C)=O)CC2(F)F)nn2cc(F)c(-c3ccc(N=N)c(N[C@H](C)C(F)F)c3)c12. The van der Waals surface area contributed by atoms with Crippen molar-refractivity contribution in [3.05, 3.63) is 30.2 Å². The van der Waals surface area contributed by atoms with Gasteiger partial charge in [0.2, 0.25) is 17.7 Å². The third-order valence-corrected chi connectivity index (χ3v) is 6.26. The van der Waals surface area contributed by atoms with Gasteiger partial charge in [-0.3, -0.25) is 4.79 Å². The number of aromatic nitrogens is 3. The summed E-state index contributed by atoms with van der Waals surface area (Å²) in [6, 6.07) is 1.52. The van der Waals surface area contributed by atoms with E-state index in [0.29, 0.717) is 0 Å². The lowest BCUT2D eigenvalue weighted by atomic mass is 10.0. The first-order valence-corrected chi connectivity index (χ1v) is 11.5. The number of likely N-dealkylation sites (tertiary alicyclic amines) is 1. The van der Waals surface area contributed by atoms with Crippen LogP contribution in [0.3, 0.4) is 0 Å². The Bertz CT molecular complexity index is 1370. The lowest BCUT2D eigenvalue weighted by molar-refractivity contribution is -0.140. The normalized spacial score (nSPS) is 17.9. The molecule has 3 heterocycles. The number of amides is 1. The molecule has 204 valence electrons. The Balaban J connectivity index is 1.72. The molecule has 1 amide bonds. The molecule has 3 N–H and O–H groups in total. The van der Waals surface area contributed by atoms with E-state index in [1.54, 1.807) is 0 Å². The Morgan fingerprint density at radius 2 is 2.08 bits per heavy atom. The van der Waals surface area contributed by atoms with Gasteiger partial charge in [0.1, 0.15) is 11.2 Å². The van der Waals surface area contributed by atoms with E-state index < -0.39 is 42.7 Å². The molecule has 1 aliphatic heterocycles. The fourth-order valence-electron chi connectivity index (χ4n) is 4.25. The number of benzene rings is 1. The number of anilines is 2. The summed E-state index contributed by atoms with van der Waals surface area (Å²) in [4.78, 5) is 16.7. The zero-order chi connectivity index (χ0) is 27.8. The number of hydrogen-bond acceptors (Lipinski definition) is 8. The van der Waals surface area contributed by atoms with E-state index in [2.05, 4.69) is 25.8 Å². The van der Waals surface area contributed by atoms with Crippen molar-refractivity contribution in [2.45, 2.75) is 44.7 Å². The molecule has 0 saturated carbocycles. The van der Waals surface area contributed by atoms with Crippen molar-refractivity contribution >= 4 is 28.7 Å². The average molecular weight is 540 g/mol. The minimum absolute atomic E-state index is 0.0298. The number of rotatable bonds is 8. The van der Waals surface area contributed by atoms with Gasteiger partial charge >= 0.3 is 0 Å². The molecule has 38 heavy (non-hydrogen) atoms. The van der Waals surface area contributed by atoms with Gasteiger partial charge in [-0.05, 0) is 31.0 Å². The fourth-order valence-corrected chi connectivity index (χ4v) is 4.25. The van der Waals surface area contributed by atoms with Crippen molar-refractivity contribution in [3.8, 4) is 17.0 Å². The highest BCUT2D eigenvalue weighted by Crippen LogP contribution is 2.38. The summed E-state index contributed by atoms with van der Waals surface area (Å²) < 4.78 is 77.2. The first-order chi connectivity index (χ1) is 17.9. The quantitative estimate of drug-likeness (QED) is 0.275. The van der Waals surface area contributed by atoms with Crippen molar-refractivity contribution in [2.24, 2.45) is 5.11 Å². The van der Waals surface area contributed by atoms with Crippen LogP contribution in [0.15, 0.2) is 29.5 Å². The fraction of sp³-hybridized carbons (Fsp3) is 0.435. The molecule has 4 rings (SSSR count). The standard InChI is InChI=1S/C23H25F5N8O2/c1-11(20(25)26)30-16-8-13(4-5-15(16)33-29)18-14(24)9-36-19(18)21(38-3)32-22(34-36)31-17-6-7-35(12(2)37)10-23(17,27)28/h4-5,8-9,11,17,20,29-30H,6-7,10H2,1-3H3,(H,31,34)/t11-,17-/m1/s1. The summed E-state index contributed by atoms with van der Waals surface area (Å²) in [7, 11) is 1.26. The summed E-state index contributed by atoms with van der Waals surface area (Å²) in [6.45, 7) is 1.82. The van der Waals surface area contributed by atoms with Gasteiger partial charge in [0.25, 0.3) is 12.3 Å². The highest BCUT2D eigenvalue weighted by Gasteiger charge is 2.46. The molecule has 2 aromatic heterocycles. The minimum Gasteiger partial charge on any atom is -0.479 e. The molecule has 0 unspecified atom stereocenters. The molecule has 2 atom stereocenters. The lowest BCUT2D eigenvalue weighted by Gasteiger charge is -2.38. The second-order valence-electron chi connectivity index (χ2n) is 8.89. The van der Waals surface area contributed by atoms with Crippen molar-refractivity contribution < 1.29 is 31.5 Å². The maximum absolute atomic E-state index is 15.2. The van der Waals surface area contributed by atoms with Crippen LogP contribution in [0.2, 0.25) is 0 Å². The highest BCUT2D eigenvalue weighted by molar-refractivity contribution is 5.88. The molecule has 1 aliphatic rings. The summed E-state index contributed by atoms with van der Waals surface area (Å²) in [5.74, 6) is -4.86. The molecule has 10 nitrogen and oxygen atoms in total. The molecule has 0 radical (unpaired) electrons. The zero-order valence-corrected chi connectivity index (χ0v) is 20.6. The van der Waals surface area contributed by atoms with E-state index in [4.69, 9.17) is 10.3 Å². The number of ether oxygens (including phenoxy) is 1. The number of methoxy groups -OCH3 is 1. The molecule has 0 aliphatic carbocycles. The van der Waals surface area contributed by atoms with Gasteiger partial charge in [0.05, 0.1) is 43.2 Å². The Morgan fingerprint density at radius 3 is 2.68 bits per heavy atom. The largest absolute Gasteiger partial charge is 0.479 e. The second-order valence-corrected chi connectivity index (χ2v) is 8.89. The van der Waals surface area contributed by atoms with Crippen molar-refractivity contribution in [3.63, 3.8) is 0 Å². The number of alkyl halides is 4. The van der Waals surface area contributed by atoms with Crippen LogP contribution in [0.5, 0.6) is 5.88 Å². The summed E-state index contributed by atoms with van der Waals surface area (Å²) in [5, 5.41) is 12.6. The summed E-state index contributed by atoms with van der Waals surface area (Å²) in [5.41, 5.74) is 7.72. The Morgan fingerprint density at radius 1 is 1.34 bits per heavy atom. The molecule has 1 aromatic carbocycles. The number of piperidine rings is 1. The number of nitrogens with zero attached hydrogens (tertiary/aromatic N) is 5. The van der Waals surface area contributed by atoms with E-state index in [0.717, 1.165) is 15.6 Å². The molecular formula is C23H25F5N8O2. The molecular weight excluding hydrogens is 515 g/mol. The number of nitrogens with one attached hydrogen (secondary N) is 3. The van der Waals surface area contributed by atoms with Crippen molar-refractivity contribution in [1.82, 2.24) is 19.5 Å². The zero-order valence-electron chi connectivity index (χ0n) is 20.6. The van der Waals surface area contributed by atoms with Gasteiger partial charge in [0.15, 0.2) is 5.82 Å². The van der Waals surface area contributed by atoms with E-state index >= 15 is 4.39 Å². The number of fused-ring (bicyclic) bond motifs is 1. The van der Waals surface area contributed by atoms with E-state index in [-0.39, 0.29) is 52.8 Å². The van der Waals surface area contributed by atoms with E-state index in [9.17, 15) is 22.4 Å². The van der Waals surface area contributed by atoms with Gasteiger partial charge in [-0.25, -0.2) is 32.0 Å². The molecule has 0 bridgehead atoms. The van der Waals surface area contributed by atoms with Crippen LogP contribution in [0.25, 0.3) is 16.6 Å². The summed E-state index contributed by atoms with van der Waals surface area (Å²) in [6.07, 6.45) is -1.76. The first-order valence-electron chi connectivity index (χ1n) is 11.5. The highest BCUT2D eigenvalue weighted by atomic mass is 19.3. The lowest BCUT2D eigenvalue weighted by Crippen LogP contribution is -2.55. The smallest absolute Gasteiger partial charge is 0.285 e. The van der Waals surface area contributed by atoms with Gasteiger partial charge in [0, 0.05) is 13.5 Å². The van der Waals surface area contributed by atoms with Crippen LogP contribution in [0.1, 0.15) is 20.3 Å². The summed E-state index contributed by atoms with van der Waals surface area (Å²) >= 11 is 0. The van der Waals surface area contributed by atoms with Crippen LogP contribution >= 0.6 is 0 Å². The number of halogens is 5. The van der Waals surface area contributed by atoms with Crippen molar-refractivity contribution in [2.75, 3.05) is 30.8 Å². The van der Waals surface area contributed by atoms with Crippen LogP contribution < -0.4 is 15.4 Å².